The van der Waals surface area contributed by atoms with E-state index in [1.807, 2.05) is 26.8 Å². The smallest absolute Gasteiger partial charge is 0.160 e. The molecule has 1 aliphatic rings. The number of nitrogens with one attached hydrogen (secondary N) is 1. The van der Waals surface area contributed by atoms with Crippen molar-refractivity contribution in [2.24, 2.45) is 0 Å². The lowest BCUT2D eigenvalue weighted by Gasteiger charge is -2.18. The minimum atomic E-state index is 0.734. The quantitative estimate of drug-likeness (QED) is 0.664. The maximum atomic E-state index is 5.35. The van der Waals surface area contributed by atoms with Crippen LogP contribution in [0.3, 0.4) is 0 Å². The molecule has 0 unspecified atom stereocenters. The highest BCUT2D eigenvalue weighted by atomic mass is 16.5. The lowest BCUT2D eigenvalue weighted by molar-refractivity contribution is 0.322. The summed E-state index contributed by atoms with van der Waals surface area (Å²) in [6.07, 6.45) is 1.76. The Kier molecular flexibility index (Phi) is 3.55. The lowest BCUT2D eigenvalue weighted by Crippen LogP contribution is -2.18. The largest absolute Gasteiger partial charge is 0.488 e. The van der Waals surface area contributed by atoms with Gasteiger partial charge in [-0.3, -0.25) is 4.98 Å². The highest BCUT2D eigenvalue weighted by molar-refractivity contribution is 5.57. The molecule has 0 amide bonds. The number of fused-ring (bicyclic) bond motifs is 1. The first-order valence-corrected chi connectivity index (χ1v) is 4.69. The number of ether oxygens (including phenoxy) is 1. The van der Waals surface area contributed by atoms with Crippen molar-refractivity contribution in [3.63, 3.8) is 0 Å². The number of nitrogens with zero attached hydrogens (tertiary/aromatic N) is 1. The number of anilines is 1. The van der Waals surface area contributed by atoms with E-state index in [0.29, 0.717) is 0 Å². The van der Waals surface area contributed by atoms with Crippen LogP contribution >= 0.6 is 0 Å². The van der Waals surface area contributed by atoms with Crippen molar-refractivity contribution < 1.29 is 4.74 Å². The van der Waals surface area contributed by atoms with Gasteiger partial charge in [0.25, 0.3) is 0 Å². The van der Waals surface area contributed by atoms with Gasteiger partial charge in [0.2, 0.25) is 0 Å². The molecule has 72 valence electrons. The van der Waals surface area contributed by atoms with Crippen molar-refractivity contribution >= 4 is 5.69 Å². The minimum absolute atomic E-state index is 0.734. The van der Waals surface area contributed by atoms with Gasteiger partial charge in [0, 0.05) is 12.2 Å². The molecule has 0 saturated carbocycles. The van der Waals surface area contributed by atoms with Gasteiger partial charge >= 0.3 is 0 Å². The van der Waals surface area contributed by atoms with Gasteiger partial charge in [-0.1, -0.05) is 13.8 Å². The molecule has 1 aromatic rings. The zero-order valence-electron chi connectivity index (χ0n) is 8.42. The SMILES string of the molecule is CC.Cc1cc2c(cn1)OCCN2. The number of hydrogen-bond acceptors (Lipinski definition) is 3. The first kappa shape index (κ1) is 9.84. The standard InChI is InChI=1S/C8H10N2O.C2H6/c1-6-4-7-8(5-10-6)11-3-2-9-7;1-2/h4-5,9H,2-3H2,1H3;1-2H3. The summed E-state index contributed by atoms with van der Waals surface area (Å²) in [6, 6.07) is 1.99. The van der Waals surface area contributed by atoms with Gasteiger partial charge in [0.1, 0.15) is 6.61 Å². The van der Waals surface area contributed by atoms with E-state index in [1.54, 1.807) is 6.20 Å². The van der Waals surface area contributed by atoms with E-state index in [-0.39, 0.29) is 0 Å². The van der Waals surface area contributed by atoms with Crippen molar-refractivity contribution in [3.05, 3.63) is 18.0 Å². The van der Waals surface area contributed by atoms with Crippen LogP contribution in [-0.4, -0.2) is 18.1 Å². The van der Waals surface area contributed by atoms with Crippen molar-refractivity contribution in [1.82, 2.24) is 4.98 Å². The summed E-state index contributed by atoms with van der Waals surface area (Å²) in [6.45, 7) is 7.59. The molecule has 0 atom stereocenters. The van der Waals surface area contributed by atoms with Gasteiger partial charge in [0.05, 0.1) is 11.9 Å². The Morgan fingerprint density at radius 3 is 3.00 bits per heavy atom. The van der Waals surface area contributed by atoms with E-state index < -0.39 is 0 Å². The maximum Gasteiger partial charge on any atom is 0.160 e. The van der Waals surface area contributed by atoms with E-state index >= 15 is 0 Å². The molecule has 0 fully saturated rings. The fourth-order valence-electron chi connectivity index (χ4n) is 1.15. The van der Waals surface area contributed by atoms with Crippen LogP contribution < -0.4 is 10.1 Å². The fraction of sp³-hybridized carbons (Fsp3) is 0.500. The predicted molar refractivity (Wildman–Crippen MR) is 54.3 cm³/mol. The zero-order valence-corrected chi connectivity index (χ0v) is 8.42. The molecule has 2 heterocycles. The molecule has 0 bridgehead atoms. The van der Waals surface area contributed by atoms with E-state index in [2.05, 4.69) is 10.3 Å². The Labute approximate surface area is 79.1 Å². The van der Waals surface area contributed by atoms with Gasteiger partial charge < -0.3 is 10.1 Å². The topological polar surface area (TPSA) is 34.1 Å². The highest BCUT2D eigenvalue weighted by Crippen LogP contribution is 2.25. The maximum absolute atomic E-state index is 5.35. The molecule has 0 saturated heterocycles. The Morgan fingerprint density at radius 1 is 1.46 bits per heavy atom. The molecule has 0 aromatic carbocycles. The molecular formula is C10H16N2O. The Balaban J connectivity index is 0.000000396. The molecule has 1 N–H and O–H groups in total. The summed E-state index contributed by atoms with van der Waals surface area (Å²) in [5.74, 6) is 0.863. The lowest BCUT2D eigenvalue weighted by atomic mass is 10.3. The Morgan fingerprint density at radius 2 is 2.23 bits per heavy atom. The van der Waals surface area contributed by atoms with E-state index in [1.165, 1.54) is 0 Å². The average molecular weight is 180 g/mol. The highest BCUT2D eigenvalue weighted by Gasteiger charge is 2.08. The van der Waals surface area contributed by atoms with Crippen molar-refractivity contribution in [1.29, 1.82) is 0 Å². The molecule has 1 aliphatic heterocycles. The van der Waals surface area contributed by atoms with Crippen LogP contribution in [0.2, 0.25) is 0 Å². The van der Waals surface area contributed by atoms with Gasteiger partial charge in [0.15, 0.2) is 5.75 Å². The molecule has 2 rings (SSSR count). The number of rotatable bonds is 0. The van der Waals surface area contributed by atoms with Gasteiger partial charge in [-0.15, -0.1) is 0 Å². The summed E-state index contributed by atoms with van der Waals surface area (Å²) >= 11 is 0. The summed E-state index contributed by atoms with van der Waals surface area (Å²) in [4.78, 5) is 4.13. The number of aromatic nitrogens is 1. The first-order chi connectivity index (χ1) is 6.36. The first-order valence-electron chi connectivity index (χ1n) is 4.69. The monoisotopic (exact) mass is 180 g/mol. The fourth-order valence-corrected chi connectivity index (χ4v) is 1.15. The average Bonchev–Trinajstić information content (AvgIpc) is 2.21. The molecule has 0 radical (unpaired) electrons. The molecule has 3 nitrogen and oxygen atoms in total. The van der Waals surface area contributed by atoms with Crippen LogP contribution in [-0.2, 0) is 0 Å². The van der Waals surface area contributed by atoms with Crippen LogP contribution in [0.1, 0.15) is 19.5 Å². The van der Waals surface area contributed by atoms with Crippen LogP contribution in [0.4, 0.5) is 5.69 Å². The third kappa shape index (κ3) is 2.34. The number of hydrogen-bond donors (Lipinski definition) is 1. The molecule has 13 heavy (non-hydrogen) atoms. The Hall–Kier alpha value is -1.25. The predicted octanol–water partition coefficient (Wildman–Crippen LogP) is 2.22. The normalized spacial score (nSPS) is 12.8. The number of pyridine rings is 1. The third-order valence-electron chi connectivity index (χ3n) is 1.68. The second-order valence-corrected chi connectivity index (χ2v) is 2.60. The summed E-state index contributed by atoms with van der Waals surface area (Å²) in [5, 5.41) is 3.24. The zero-order chi connectivity index (χ0) is 9.68. The van der Waals surface area contributed by atoms with Crippen molar-refractivity contribution in [3.8, 4) is 5.75 Å². The summed E-state index contributed by atoms with van der Waals surface area (Å²) in [7, 11) is 0. The van der Waals surface area contributed by atoms with Crippen molar-refractivity contribution in [2.75, 3.05) is 18.5 Å². The molecule has 3 heteroatoms. The van der Waals surface area contributed by atoms with Crippen LogP contribution in [0, 0.1) is 6.92 Å². The van der Waals surface area contributed by atoms with Crippen molar-refractivity contribution in [2.45, 2.75) is 20.8 Å². The van der Waals surface area contributed by atoms with E-state index in [4.69, 9.17) is 4.74 Å². The van der Waals surface area contributed by atoms with Crippen LogP contribution in [0.5, 0.6) is 5.75 Å². The summed E-state index contributed by atoms with van der Waals surface area (Å²) in [5.41, 5.74) is 2.07. The Bertz CT molecular complexity index is 274. The minimum Gasteiger partial charge on any atom is -0.488 e. The third-order valence-corrected chi connectivity index (χ3v) is 1.68. The molecule has 0 aliphatic carbocycles. The second kappa shape index (κ2) is 4.70. The summed E-state index contributed by atoms with van der Waals surface area (Å²) < 4.78 is 5.35. The van der Waals surface area contributed by atoms with Gasteiger partial charge in [-0.25, -0.2) is 0 Å². The molecule has 1 aromatic heterocycles. The number of aryl methyl sites for hydroxylation is 1. The van der Waals surface area contributed by atoms with E-state index in [0.717, 1.165) is 30.3 Å². The molecule has 0 spiro atoms. The van der Waals surface area contributed by atoms with E-state index in [9.17, 15) is 0 Å². The van der Waals surface area contributed by atoms with Gasteiger partial charge in [-0.2, -0.15) is 0 Å². The van der Waals surface area contributed by atoms with Crippen LogP contribution in [0.25, 0.3) is 0 Å². The van der Waals surface area contributed by atoms with Crippen LogP contribution in [0.15, 0.2) is 12.3 Å². The molecular weight excluding hydrogens is 164 g/mol. The van der Waals surface area contributed by atoms with Gasteiger partial charge in [-0.05, 0) is 13.0 Å². The second-order valence-electron chi connectivity index (χ2n) is 2.60.